The number of ether oxygens (including phenoxy) is 1. The molecule has 1 aromatic heterocycles. The molecule has 3 nitrogen and oxygen atoms in total. The summed E-state index contributed by atoms with van der Waals surface area (Å²) in [6.45, 7) is 3.99. The predicted molar refractivity (Wildman–Crippen MR) is 102 cm³/mol. The molecule has 4 rings (SSSR count). The molecule has 1 aliphatic heterocycles. The zero-order valence-corrected chi connectivity index (χ0v) is 15.8. The van der Waals surface area contributed by atoms with Crippen molar-refractivity contribution in [2.75, 3.05) is 20.2 Å². The highest BCUT2D eigenvalue weighted by Gasteiger charge is 2.30. The number of methoxy groups -OCH3 is 1. The molecule has 1 aliphatic carbocycles. The fraction of sp³-hybridized carbons (Fsp3) is 0.476. The molecule has 1 saturated heterocycles. The van der Waals surface area contributed by atoms with Gasteiger partial charge in [-0.1, -0.05) is 19.1 Å². The monoisotopic (exact) mass is 355 g/mol. The maximum Gasteiger partial charge on any atom is 0.263 e. The molecule has 2 aliphatic rings. The van der Waals surface area contributed by atoms with Gasteiger partial charge in [-0.25, -0.2) is 0 Å². The molecule has 25 heavy (non-hydrogen) atoms. The molecular formula is C21H25NO2S. The fourth-order valence-electron chi connectivity index (χ4n) is 4.06. The Morgan fingerprint density at radius 3 is 2.80 bits per heavy atom. The summed E-state index contributed by atoms with van der Waals surface area (Å²) in [7, 11) is 1.69. The van der Waals surface area contributed by atoms with Crippen LogP contribution in [0.15, 0.2) is 30.3 Å². The Labute approximate surface area is 153 Å². The molecule has 2 aromatic rings. The second-order valence-corrected chi connectivity index (χ2v) is 8.55. The molecule has 1 fully saturated rings. The normalized spacial score (nSPS) is 22.7. The second kappa shape index (κ2) is 6.83. The Kier molecular flexibility index (Phi) is 4.55. The van der Waals surface area contributed by atoms with Gasteiger partial charge in [-0.15, -0.1) is 11.3 Å². The first-order valence-electron chi connectivity index (χ1n) is 9.19. The summed E-state index contributed by atoms with van der Waals surface area (Å²) in [5.74, 6) is 2.29. The number of thiophene rings is 1. The number of amides is 1. The van der Waals surface area contributed by atoms with Crippen LogP contribution in [0.3, 0.4) is 0 Å². The van der Waals surface area contributed by atoms with E-state index in [0.29, 0.717) is 5.92 Å². The highest BCUT2D eigenvalue weighted by Crippen LogP contribution is 2.34. The van der Waals surface area contributed by atoms with E-state index in [1.807, 2.05) is 17.0 Å². The number of aryl methyl sites for hydroxylation is 1. The van der Waals surface area contributed by atoms with Gasteiger partial charge in [0.1, 0.15) is 5.75 Å². The minimum atomic E-state index is 0.225. The van der Waals surface area contributed by atoms with Gasteiger partial charge in [-0.3, -0.25) is 4.79 Å². The van der Waals surface area contributed by atoms with Crippen molar-refractivity contribution in [3.8, 4) is 5.75 Å². The van der Waals surface area contributed by atoms with Crippen molar-refractivity contribution in [2.24, 2.45) is 5.92 Å². The van der Waals surface area contributed by atoms with Crippen molar-refractivity contribution in [2.45, 2.75) is 38.5 Å². The van der Waals surface area contributed by atoms with Crippen LogP contribution < -0.4 is 4.74 Å². The Bertz CT molecular complexity index is 765. The van der Waals surface area contributed by atoms with Crippen LogP contribution >= 0.6 is 11.3 Å². The summed E-state index contributed by atoms with van der Waals surface area (Å²) in [6.07, 6.45) is 4.57. The maximum atomic E-state index is 12.9. The summed E-state index contributed by atoms with van der Waals surface area (Å²) in [6, 6.07) is 10.4. The molecule has 2 atom stereocenters. The van der Waals surface area contributed by atoms with Crippen LogP contribution in [0.4, 0.5) is 0 Å². The van der Waals surface area contributed by atoms with E-state index in [1.165, 1.54) is 22.4 Å². The lowest BCUT2D eigenvalue weighted by Crippen LogP contribution is -2.27. The summed E-state index contributed by atoms with van der Waals surface area (Å²) >= 11 is 1.73. The average molecular weight is 356 g/mol. The number of rotatable bonds is 3. The molecule has 1 amide bonds. The minimum Gasteiger partial charge on any atom is -0.497 e. The summed E-state index contributed by atoms with van der Waals surface area (Å²) in [4.78, 5) is 17.4. The van der Waals surface area contributed by atoms with Gasteiger partial charge in [0.05, 0.1) is 12.0 Å². The largest absolute Gasteiger partial charge is 0.497 e. The molecular weight excluding hydrogens is 330 g/mol. The fourth-order valence-corrected chi connectivity index (χ4v) is 5.24. The van der Waals surface area contributed by atoms with Crippen molar-refractivity contribution in [1.82, 2.24) is 4.90 Å². The standard InChI is InChI=1S/C21H25NO2S/c1-14-3-8-19-17(11-14)12-20(25-19)21(23)22-10-9-16(13-22)15-4-6-18(24-2)7-5-15/h4-7,12,14,16H,3,8-11,13H2,1-2H3. The quantitative estimate of drug-likeness (QED) is 0.811. The highest BCUT2D eigenvalue weighted by atomic mass is 32.1. The lowest BCUT2D eigenvalue weighted by atomic mass is 9.90. The van der Waals surface area contributed by atoms with E-state index in [1.54, 1.807) is 18.4 Å². The number of hydrogen-bond donors (Lipinski definition) is 0. The minimum absolute atomic E-state index is 0.225. The second-order valence-electron chi connectivity index (χ2n) is 7.42. The van der Waals surface area contributed by atoms with Crippen molar-refractivity contribution in [3.63, 3.8) is 0 Å². The van der Waals surface area contributed by atoms with E-state index in [2.05, 4.69) is 25.1 Å². The van der Waals surface area contributed by atoms with E-state index in [-0.39, 0.29) is 5.91 Å². The first-order chi connectivity index (χ1) is 12.1. The number of likely N-dealkylation sites (tertiary alicyclic amines) is 1. The maximum absolute atomic E-state index is 12.9. The van der Waals surface area contributed by atoms with E-state index >= 15 is 0 Å². The number of nitrogens with zero attached hydrogens (tertiary/aromatic N) is 1. The Morgan fingerprint density at radius 1 is 1.24 bits per heavy atom. The molecule has 2 heterocycles. The third kappa shape index (κ3) is 3.32. The number of carbonyl (C=O) groups is 1. The van der Waals surface area contributed by atoms with E-state index in [9.17, 15) is 4.79 Å². The van der Waals surface area contributed by atoms with Crippen LogP contribution in [0.5, 0.6) is 5.75 Å². The smallest absolute Gasteiger partial charge is 0.263 e. The Balaban J connectivity index is 1.45. The third-order valence-electron chi connectivity index (χ3n) is 5.60. The third-order valence-corrected chi connectivity index (χ3v) is 6.83. The van der Waals surface area contributed by atoms with Gasteiger partial charge >= 0.3 is 0 Å². The Morgan fingerprint density at radius 2 is 2.04 bits per heavy atom. The lowest BCUT2D eigenvalue weighted by Gasteiger charge is -2.16. The zero-order chi connectivity index (χ0) is 17.4. The molecule has 0 radical (unpaired) electrons. The van der Waals surface area contributed by atoms with Crippen LogP contribution in [0.1, 0.15) is 51.4 Å². The van der Waals surface area contributed by atoms with Gasteiger partial charge < -0.3 is 9.64 Å². The van der Waals surface area contributed by atoms with Gasteiger partial charge in [-0.05, 0) is 60.9 Å². The summed E-state index contributed by atoms with van der Waals surface area (Å²) < 4.78 is 5.23. The SMILES string of the molecule is COc1ccc(C2CCN(C(=O)c3cc4c(s3)CCC(C)C4)C2)cc1. The Hall–Kier alpha value is -1.81. The molecule has 2 unspecified atom stereocenters. The molecule has 0 saturated carbocycles. The van der Waals surface area contributed by atoms with Crippen LogP contribution in [-0.2, 0) is 12.8 Å². The van der Waals surface area contributed by atoms with Crippen molar-refractivity contribution >= 4 is 17.2 Å². The van der Waals surface area contributed by atoms with Crippen molar-refractivity contribution in [1.29, 1.82) is 0 Å². The molecule has 4 heteroatoms. The van der Waals surface area contributed by atoms with E-state index in [0.717, 1.165) is 48.9 Å². The number of benzene rings is 1. The molecule has 0 bridgehead atoms. The van der Waals surface area contributed by atoms with Gasteiger partial charge in [0, 0.05) is 23.9 Å². The van der Waals surface area contributed by atoms with Gasteiger partial charge in [0.15, 0.2) is 0 Å². The van der Waals surface area contributed by atoms with Crippen molar-refractivity contribution in [3.05, 3.63) is 51.2 Å². The first-order valence-corrected chi connectivity index (χ1v) is 10.0. The number of hydrogen-bond acceptors (Lipinski definition) is 3. The number of carbonyl (C=O) groups excluding carboxylic acids is 1. The van der Waals surface area contributed by atoms with Crippen LogP contribution in [0, 0.1) is 5.92 Å². The van der Waals surface area contributed by atoms with Crippen LogP contribution in [0.25, 0.3) is 0 Å². The van der Waals surface area contributed by atoms with Gasteiger partial charge in [-0.2, -0.15) is 0 Å². The van der Waals surface area contributed by atoms with Gasteiger partial charge in [0.25, 0.3) is 5.91 Å². The zero-order valence-electron chi connectivity index (χ0n) is 15.0. The van der Waals surface area contributed by atoms with E-state index in [4.69, 9.17) is 4.74 Å². The highest BCUT2D eigenvalue weighted by molar-refractivity contribution is 7.14. The predicted octanol–water partition coefficient (Wildman–Crippen LogP) is 4.51. The summed E-state index contributed by atoms with van der Waals surface area (Å²) in [5, 5.41) is 0. The summed E-state index contributed by atoms with van der Waals surface area (Å²) in [5.41, 5.74) is 2.72. The van der Waals surface area contributed by atoms with Crippen LogP contribution in [-0.4, -0.2) is 31.0 Å². The average Bonchev–Trinajstić information content (AvgIpc) is 3.28. The van der Waals surface area contributed by atoms with Crippen LogP contribution in [0.2, 0.25) is 0 Å². The van der Waals surface area contributed by atoms with Gasteiger partial charge in [0.2, 0.25) is 0 Å². The van der Waals surface area contributed by atoms with Crippen molar-refractivity contribution < 1.29 is 9.53 Å². The lowest BCUT2D eigenvalue weighted by molar-refractivity contribution is 0.0795. The number of fused-ring (bicyclic) bond motifs is 1. The molecule has 1 aromatic carbocycles. The molecule has 132 valence electrons. The molecule has 0 spiro atoms. The topological polar surface area (TPSA) is 29.5 Å². The first kappa shape index (κ1) is 16.6. The molecule has 0 N–H and O–H groups in total. The van der Waals surface area contributed by atoms with E-state index < -0.39 is 0 Å².